The number of rotatable bonds is 2. The molecule has 0 spiro atoms. The molecular weight excluding hydrogens is 197 g/mol. The van der Waals surface area contributed by atoms with Crippen molar-refractivity contribution in [2.75, 3.05) is 0 Å². The molecule has 2 aromatic rings. The number of hydrogen-bond donors (Lipinski definition) is 0. The molecule has 14 heavy (non-hydrogen) atoms. The smallest absolute Gasteiger partial charge is 0.212 e. The first-order chi connectivity index (χ1) is 6.84. The number of pyridine rings is 1. The van der Waals surface area contributed by atoms with E-state index >= 15 is 0 Å². The third-order valence-corrected chi connectivity index (χ3v) is 2.66. The summed E-state index contributed by atoms with van der Waals surface area (Å²) in [6, 6.07) is 13.0. The van der Waals surface area contributed by atoms with Crippen LogP contribution in [0.2, 0.25) is 0 Å². The first-order valence-electron chi connectivity index (χ1n) is 4.19. The molecule has 0 N–H and O–H groups in total. The summed E-state index contributed by atoms with van der Waals surface area (Å²) in [4.78, 5) is 5.66. The Morgan fingerprint density at radius 3 is 2.36 bits per heavy atom. The van der Waals surface area contributed by atoms with Crippen molar-refractivity contribution in [2.45, 2.75) is 9.79 Å². The van der Waals surface area contributed by atoms with Gasteiger partial charge in [-0.2, -0.15) is 4.39 Å². The zero-order chi connectivity index (χ0) is 9.80. The zero-order valence-electron chi connectivity index (χ0n) is 7.35. The molecule has 0 saturated heterocycles. The van der Waals surface area contributed by atoms with E-state index in [0.717, 1.165) is 9.79 Å². The van der Waals surface area contributed by atoms with E-state index in [1.807, 2.05) is 30.3 Å². The van der Waals surface area contributed by atoms with Gasteiger partial charge in [-0.3, -0.25) is 0 Å². The van der Waals surface area contributed by atoms with Gasteiger partial charge in [-0.15, -0.1) is 0 Å². The Morgan fingerprint density at radius 2 is 1.71 bits per heavy atom. The Hall–Kier alpha value is -1.35. The van der Waals surface area contributed by atoms with Crippen LogP contribution in [-0.2, 0) is 0 Å². The monoisotopic (exact) mass is 205 g/mol. The van der Waals surface area contributed by atoms with Crippen molar-refractivity contribution >= 4 is 11.8 Å². The summed E-state index contributed by atoms with van der Waals surface area (Å²) < 4.78 is 12.5. The van der Waals surface area contributed by atoms with Gasteiger partial charge < -0.3 is 0 Å². The Bertz CT molecular complexity index is 399. The molecule has 1 heterocycles. The van der Waals surface area contributed by atoms with Crippen molar-refractivity contribution in [2.24, 2.45) is 0 Å². The lowest BCUT2D eigenvalue weighted by Crippen LogP contribution is -1.80. The Morgan fingerprint density at radius 1 is 0.929 bits per heavy atom. The highest BCUT2D eigenvalue weighted by atomic mass is 32.2. The zero-order valence-corrected chi connectivity index (χ0v) is 8.17. The van der Waals surface area contributed by atoms with Gasteiger partial charge in [0, 0.05) is 16.0 Å². The third kappa shape index (κ3) is 2.33. The lowest BCUT2D eigenvalue weighted by molar-refractivity contribution is 0.581. The fourth-order valence-electron chi connectivity index (χ4n) is 1.05. The Labute approximate surface area is 86.0 Å². The number of hydrogen-bond acceptors (Lipinski definition) is 2. The lowest BCUT2D eigenvalue weighted by atomic mass is 10.4. The van der Waals surface area contributed by atoms with E-state index in [-0.39, 0.29) is 0 Å². The molecule has 0 aliphatic carbocycles. The van der Waals surface area contributed by atoms with E-state index in [2.05, 4.69) is 4.98 Å². The van der Waals surface area contributed by atoms with Crippen LogP contribution in [-0.4, -0.2) is 4.98 Å². The standard InChI is InChI=1S/C11H8FNS/c12-11-7-6-10(8-13-11)14-9-4-2-1-3-5-9/h1-8H. The fraction of sp³-hybridized carbons (Fsp3) is 0. The van der Waals surface area contributed by atoms with Gasteiger partial charge in [0.2, 0.25) is 5.95 Å². The first kappa shape index (κ1) is 9.21. The quantitative estimate of drug-likeness (QED) is 0.697. The summed E-state index contributed by atoms with van der Waals surface area (Å²) in [5, 5.41) is 0. The molecule has 0 unspecified atom stereocenters. The molecule has 0 aliphatic rings. The summed E-state index contributed by atoms with van der Waals surface area (Å²) in [6.07, 6.45) is 1.53. The number of halogens is 1. The predicted molar refractivity (Wildman–Crippen MR) is 54.8 cm³/mol. The van der Waals surface area contributed by atoms with Crippen LogP contribution in [0.25, 0.3) is 0 Å². The minimum absolute atomic E-state index is 0.442. The fourth-order valence-corrected chi connectivity index (χ4v) is 1.85. The van der Waals surface area contributed by atoms with Gasteiger partial charge in [-0.1, -0.05) is 30.0 Å². The SMILES string of the molecule is Fc1ccc(Sc2ccccc2)cn1. The van der Waals surface area contributed by atoms with Gasteiger partial charge in [-0.25, -0.2) is 4.98 Å². The normalized spacial score (nSPS) is 10.1. The maximum atomic E-state index is 12.5. The van der Waals surface area contributed by atoms with Gasteiger partial charge in [0.05, 0.1) is 0 Å². The molecule has 1 aromatic carbocycles. The van der Waals surface area contributed by atoms with Gasteiger partial charge in [0.25, 0.3) is 0 Å². The highest BCUT2D eigenvalue weighted by Gasteiger charge is 1.97. The van der Waals surface area contributed by atoms with E-state index in [9.17, 15) is 4.39 Å². The largest absolute Gasteiger partial charge is 0.227 e. The van der Waals surface area contributed by atoms with E-state index < -0.39 is 5.95 Å². The van der Waals surface area contributed by atoms with E-state index in [4.69, 9.17) is 0 Å². The molecule has 0 fully saturated rings. The highest BCUT2D eigenvalue weighted by molar-refractivity contribution is 7.99. The van der Waals surface area contributed by atoms with Gasteiger partial charge >= 0.3 is 0 Å². The summed E-state index contributed by atoms with van der Waals surface area (Å²) >= 11 is 1.57. The summed E-state index contributed by atoms with van der Waals surface area (Å²) in [5.41, 5.74) is 0. The molecule has 1 nitrogen and oxygen atoms in total. The molecule has 0 bridgehead atoms. The van der Waals surface area contributed by atoms with E-state index in [1.54, 1.807) is 17.8 Å². The third-order valence-electron chi connectivity index (χ3n) is 1.68. The number of aromatic nitrogens is 1. The van der Waals surface area contributed by atoms with Crippen LogP contribution in [0.4, 0.5) is 4.39 Å². The summed E-state index contributed by atoms with van der Waals surface area (Å²) in [7, 11) is 0. The minimum Gasteiger partial charge on any atom is -0.227 e. The average molecular weight is 205 g/mol. The molecule has 70 valence electrons. The van der Waals surface area contributed by atoms with Crippen molar-refractivity contribution < 1.29 is 4.39 Å². The first-order valence-corrected chi connectivity index (χ1v) is 5.01. The molecule has 0 aliphatic heterocycles. The number of benzene rings is 1. The van der Waals surface area contributed by atoms with Crippen molar-refractivity contribution in [1.82, 2.24) is 4.98 Å². The van der Waals surface area contributed by atoms with Crippen LogP contribution in [0, 0.1) is 5.95 Å². The molecule has 1 aromatic heterocycles. The molecule has 3 heteroatoms. The molecular formula is C11H8FNS. The van der Waals surface area contributed by atoms with Gasteiger partial charge in [0.15, 0.2) is 0 Å². The van der Waals surface area contributed by atoms with Gasteiger partial charge in [0.1, 0.15) is 0 Å². The Kier molecular flexibility index (Phi) is 2.79. The molecule has 0 saturated carbocycles. The predicted octanol–water partition coefficient (Wildman–Crippen LogP) is 3.37. The second-order valence-electron chi connectivity index (χ2n) is 2.73. The van der Waals surface area contributed by atoms with Crippen molar-refractivity contribution in [3.8, 4) is 0 Å². The topological polar surface area (TPSA) is 12.9 Å². The van der Waals surface area contributed by atoms with Crippen molar-refractivity contribution in [3.63, 3.8) is 0 Å². The van der Waals surface area contributed by atoms with Crippen LogP contribution < -0.4 is 0 Å². The number of nitrogens with zero attached hydrogens (tertiary/aromatic N) is 1. The van der Waals surface area contributed by atoms with Crippen LogP contribution >= 0.6 is 11.8 Å². The lowest BCUT2D eigenvalue weighted by Gasteiger charge is -1.99. The molecule has 0 atom stereocenters. The molecule has 0 radical (unpaired) electrons. The van der Waals surface area contributed by atoms with Crippen molar-refractivity contribution in [1.29, 1.82) is 0 Å². The second-order valence-corrected chi connectivity index (χ2v) is 3.88. The minimum atomic E-state index is -0.442. The molecule has 2 rings (SSSR count). The molecule has 0 amide bonds. The summed E-state index contributed by atoms with van der Waals surface area (Å²) in [5.74, 6) is -0.442. The van der Waals surface area contributed by atoms with Crippen LogP contribution in [0.3, 0.4) is 0 Å². The highest BCUT2D eigenvalue weighted by Crippen LogP contribution is 2.26. The second kappa shape index (κ2) is 4.24. The maximum absolute atomic E-state index is 12.5. The van der Waals surface area contributed by atoms with E-state index in [1.165, 1.54) is 12.3 Å². The van der Waals surface area contributed by atoms with E-state index in [0.29, 0.717) is 0 Å². The van der Waals surface area contributed by atoms with Gasteiger partial charge in [-0.05, 0) is 24.3 Å². The average Bonchev–Trinajstić information content (AvgIpc) is 2.23. The van der Waals surface area contributed by atoms with Crippen LogP contribution in [0.1, 0.15) is 0 Å². The maximum Gasteiger partial charge on any atom is 0.212 e. The summed E-state index contributed by atoms with van der Waals surface area (Å²) in [6.45, 7) is 0. The Balaban J connectivity index is 2.16. The van der Waals surface area contributed by atoms with Crippen LogP contribution in [0.5, 0.6) is 0 Å². The van der Waals surface area contributed by atoms with Crippen molar-refractivity contribution in [3.05, 3.63) is 54.6 Å². The van der Waals surface area contributed by atoms with Crippen LogP contribution in [0.15, 0.2) is 58.5 Å².